The smallest absolute Gasteiger partial charge is 0.267 e. The molecule has 0 spiro atoms. The van der Waals surface area contributed by atoms with E-state index in [9.17, 15) is 9.59 Å². The molecule has 1 atom stereocenters. The molecule has 0 aromatic carbocycles. The Morgan fingerprint density at radius 3 is 2.83 bits per heavy atom. The largest absolute Gasteiger partial charge is 0.376 e. The Labute approximate surface area is 183 Å². The molecule has 2 aromatic rings. The molecule has 3 saturated heterocycles. The number of carbonyl (C=O) groups excluding carboxylic acids is 1. The van der Waals surface area contributed by atoms with Crippen LogP contribution in [0.15, 0.2) is 34.1 Å². The molecule has 30 heavy (non-hydrogen) atoms. The fraction of sp³-hybridized carbons (Fsp3) is 0.429. The van der Waals surface area contributed by atoms with Gasteiger partial charge < -0.3 is 9.64 Å². The van der Waals surface area contributed by atoms with Gasteiger partial charge in [-0.15, -0.1) is 0 Å². The van der Waals surface area contributed by atoms with Gasteiger partial charge in [0.2, 0.25) is 0 Å². The normalized spacial score (nSPS) is 23.5. The zero-order valence-electron chi connectivity index (χ0n) is 16.5. The number of carbonyl (C=O) groups is 1. The van der Waals surface area contributed by atoms with Crippen molar-refractivity contribution >= 4 is 51.7 Å². The molecule has 3 aliphatic rings. The van der Waals surface area contributed by atoms with Crippen LogP contribution in [0.5, 0.6) is 0 Å². The highest BCUT2D eigenvalue weighted by Gasteiger charge is 2.35. The predicted octanol–water partition coefficient (Wildman–Crippen LogP) is 2.67. The molecule has 1 amide bonds. The fourth-order valence-electron chi connectivity index (χ4n) is 4.17. The van der Waals surface area contributed by atoms with Gasteiger partial charge in [-0.05, 0) is 43.9 Å². The van der Waals surface area contributed by atoms with E-state index in [-0.39, 0.29) is 17.6 Å². The number of pyridine rings is 1. The molecule has 0 aliphatic carbocycles. The van der Waals surface area contributed by atoms with Crippen LogP contribution in [-0.2, 0) is 9.53 Å². The van der Waals surface area contributed by atoms with Gasteiger partial charge in [0.15, 0.2) is 0 Å². The van der Waals surface area contributed by atoms with E-state index in [1.807, 2.05) is 12.1 Å². The monoisotopic (exact) mass is 442 g/mol. The van der Waals surface area contributed by atoms with Crippen molar-refractivity contribution < 1.29 is 9.53 Å². The van der Waals surface area contributed by atoms with Crippen LogP contribution in [0.2, 0.25) is 0 Å². The van der Waals surface area contributed by atoms with Crippen LogP contribution in [0.3, 0.4) is 0 Å². The highest BCUT2D eigenvalue weighted by molar-refractivity contribution is 8.26. The third kappa shape index (κ3) is 3.55. The molecule has 0 N–H and O–H groups in total. The Bertz CT molecular complexity index is 1100. The maximum absolute atomic E-state index is 13.3. The second-order valence-electron chi connectivity index (χ2n) is 7.70. The summed E-state index contributed by atoms with van der Waals surface area (Å²) in [5, 5.41) is 0. The molecule has 5 rings (SSSR count). The summed E-state index contributed by atoms with van der Waals surface area (Å²) in [4.78, 5) is 35.3. The van der Waals surface area contributed by atoms with Gasteiger partial charge in [0.1, 0.15) is 15.8 Å². The summed E-state index contributed by atoms with van der Waals surface area (Å²) in [6.45, 7) is 2.91. The van der Waals surface area contributed by atoms with Crippen LogP contribution >= 0.6 is 24.0 Å². The van der Waals surface area contributed by atoms with E-state index in [0.717, 1.165) is 45.4 Å². The van der Waals surface area contributed by atoms with Gasteiger partial charge >= 0.3 is 0 Å². The minimum atomic E-state index is -0.174. The van der Waals surface area contributed by atoms with Crippen molar-refractivity contribution in [1.29, 1.82) is 0 Å². The highest BCUT2D eigenvalue weighted by atomic mass is 32.2. The van der Waals surface area contributed by atoms with Gasteiger partial charge in [0.05, 0.1) is 23.1 Å². The Morgan fingerprint density at radius 2 is 2.07 bits per heavy atom. The Balaban J connectivity index is 1.55. The first-order valence-electron chi connectivity index (χ1n) is 10.2. The maximum Gasteiger partial charge on any atom is 0.267 e. The topological polar surface area (TPSA) is 67.2 Å². The van der Waals surface area contributed by atoms with Crippen LogP contribution in [-0.4, -0.2) is 56.9 Å². The van der Waals surface area contributed by atoms with Gasteiger partial charge in [-0.3, -0.25) is 18.9 Å². The van der Waals surface area contributed by atoms with Crippen LogP contribution in [0.25, 0.3) is 11.7 Å². The van der Waals surface area contributed by atoms with E-state index in [0.29, 0.717) is 32.8 Å². The number of hydrogen-bond donors (Lipinski definition) is 0. The van der Waals surface area contributed by atoms with Gasteiger partial charge in [0, 0.05) is 25.9 Å². The Morgan fingerprint density at radius 1 is 1.23 bits per heavy atom. The van der Waals surface area contributed by atoms with Crippen molar-refractivity contribution in [2.24, 2.45) is 0 Å². The van der Waals surface area contributed by atoms with E-state index in [1.54, 1.807) is 23.2 Å². The molecule has 9 heteroatoms. The first-order chi connectivity index (χ1) is 14.6. The Hall–Kier alpha value is -2.23. The number of ether oxygens (including phenoxy) is 1. The number of anilines is 1. The molecule has 0 radical (unpaired) electrons. The summed E-state index contributed by atoms with van der Waals surface area (Å²) < 4.78 is 7.71. The standard InChI is InChI=1S/C21H22N4O3S2/c26-19-15(12-16-20(27)25(21(29)30-16)13-14-6-5-11-28-14)18(23-8-3-4-9-23)22-17-7-1-2-10-24(17)19/h1-2,7,10,12,14H,3-6,8-9,11,13H2. The van der Waals surface area contributed by atoms with E-state index < -0.39 is 0 Å². The molecule has 156 valence electrons. The summed E-state index contributed by atoms with van der Waals surface area (Å²) >= 11 is 6.70. The number of thiocarbonyl (C=S) groups is 1. The molecule has 1 unspecified atom stereocenters. The van der Waals surface area contributed by atoms with Gasteiger partial charge in [-0.1, -0.05) is 30.0 Å². The van der Waals surface area contributed by atoms with E-state index in [2.05, 4.69) is 4.90 Å². The molecule has 3 fully saturated rings. The molecule has 3 aliphatic heterocycles. The van der Waals surface area contributed by atoms with Crippen LogP contribution < -0.4 is 10.5 Å². The van der Waals surface area contributed by atoms with Crippen LogP contribution in [0.4, 0.5) is 5.82 Å². The fourth-order valence-corrected chi connectivity index (χ4v) is 5.42. The van der Waals surface area contributed by atoms with E-state index >= 15 is 0 Å². The van der Waals surface area contributed by atoms with Crippen LogP contribution in [0.1, 0.15) is 31.2 Å². The number of hydrogen-bond acceptors (Lipinski definition) is 7. The summed E-state index contributed by atoms with van der Waals surface area (Å²) in [6, 6.07) is 5.49. The highest BCUT2D eigenvalue weighted by Crippen LogP contribution is 2.34. The van der Waals surface area contributed by atoms with Crippen molar-refractivity contribution in [3.63, 3.8) is 0 Å². The van der Waals surface area contributed by atoms with Gasteiger partial charge in [-0.2, -0.15) is 0 Å². The quantitative estimate of drug-likeness (QED) is 0.533. The molecule has 0 saturated carbocycles. The SMILES string of the molecule is O=C1C(=Cc2c(N3CCCC3)nc3ccccn3c2=O)SC(=S)N1CC1CCCO1. The first-order valence-corrected chi connectivity index (χ1v) is 11.5. The number of aromatic nitrogens is 2. The van der Waals surface area contributed by atoms with E-state index in [4.69, 9.17) is 21.9 Å². The summed E-state index contributed by atoms with van der Waals surface area (Å²) in [6.07, 6.45) is 7.49. The minimum absolute atomic E-state index is 0.0278. The predicted molar refractivity (Wildman–Crippen MR) is 122 cm³/mol. The number of thioether (sulfide) groups is 1. The van der Waals surface area contributed by atoms with Crippen molar-refractivity contribution in [3.05, 3.63) is 45.2 Å². The van der Waals surface area contributed by atoms with Crippen molar-refractivity contribution in [2.75, 3.05) is 31.1 Å². The lowest BCUT2D eigenvalue weighted by Gasteiger charge is -2.19. The Kier molecular flexibility index (Phi) is 5.34. The van der Waals surface area contributed by atoms with E-state index in [1.165, 1.54) is 16.2 Å². The van der Waals surface area contributed by atoms with Gasteiger partial charge in [-0.25, -0.2) is 4.98 Å². The summed E-state index contributed by atoms with van der Waals surface area (Å²) in [5.74, 6) is 0.485. The van der Waals surface area contributed by atoms with Crippen molar-refractivity contribution in [2.45, 2.75) is 31.8 Å². The molecule has 0 bridgehead atoms. The minimum Gasteiger partial charge on any atom is -0.376 e. The molecule has 5 heterocycles. The number of rotatable bonds is 4. The summed E-state index contributed by atoms with van der Waals surface area (Å²) in [5.41, 5.74) is 0.873. The second-order valence-corrected chi connectivity index (χ2v) is 9.38. The third-order valence-electron chi connectivity index (χ3n) is 5.71. The maximum atomic E-state index is 13.3. The third-order valence-corrected chi connectivity index (χ3v) is 7.09. The molecule has 7 nitrogen and oxygen atoms in total. The van der Waals surface area contributed by atoms with Crippen molar-refractivity contribution in [1.82, 2.24) is 14.3 Å². The number of fused-ring (bicyclic) bond motifs is 1. The first kappa shape index (κ1) is 19.7. The van der Waals surface area contributed by atoms with Gasteiger partial charge in [0.25, 0.3) is 11.5 Å². The summed E-state index contributed by atoms with van der Waals surface area (Å²) in [7, 11) is 0. The lowest BCUT2D eigenvalue weighted by molar-refractivity contribution is -0.123. The lowest BCUT2D eigenvalue weighted by Crippen LogP contribution is -2.35. The zero-order valence-corrected chi connectivity index (χ0v) is 18.1. The van der Waals surface area contributed by atoms with Crippen LogP contribution in [0, 0.1) is 0 Å². The number of amides is 1. The lowest BCUT2D eigenvalue weighted by atomic mass is 10.2. The number of nitrogens with zero attached hydrogens (tertiary/aromatic N) is 4. The molecular formula is C21H22N4O3S2. The average Bonchev–Trinajstić information content (AvgIpc) is 3.50. The second kappa shape index (κ2) is 8.13. The zero-order chi connectivity index (χ0) is 20.7. The van der Waals surface area contributed by atoms with Crippen molar-refractivity contribution in [3.8, 4) is 0 Å². The average molecular weight is 443 g/mol. The molecule has 2 aromatic heterocycles. The molecular weight excluding hydrogens is 420 g/mol.